The molecule has 0 atom stereocenters. The fourth-order valence-corrected chi connectivity index (χ4v) is 1.70. The minimum absolute atomic E-state index is 0.0798. The Morgan fingerprint density at radius 2 is 2.00 bits per heavy atom. The van der Waals surface area contributed by atoms with Gasteiger partial charge in [-0.15, -0.1) is 0 Å². The van der Waals surface area contributed by atoms with Crippen LogP contribution in [0.15, 0.2) is 6.07 Å². The van der Waals surface area contributed by atoms with Gasteiger partial charge in [0.25, 0.3) is 5.91 Å². The number of anilines is 1. The fraction of sp³-hybridized carbons (Fsp3) is 0.364. The average molecular weight is 191 g/mol. The largest absolute Gasteiger partial charge is 0.481 e. The summed E-state index contributed by atoms with van der Waals surface area (Å²) in [7, 11) is 0. The Morgan fingerprint density at radius 1 is 1.29 bits per heavy atom. The lowest BCUT2D eigenvalue weighted by Crippen LogP contribution is -2.26. The van der Waals surface area contributed by atoms with Crippen LogP contribution in [0.1, 0.15) is 16.7 Å². The first kappa shape index (κ1) is 9.06. The van der Waals surface area contributed by atoms with E-state index < -0.39 is 0 Å². The number of rotatable bonds is 0. The van der Waals surface area contributed by atoms with Gasteiger partial charge in [-0.3, -0.25) is 4.79 Å². The van der Waals surface area contributed by atoms with Gasteiger partial charge in [-0.1, -0.05) is 6.07 Å². The van der Waals surface area contributed by atoms with Crippen LogP contribution in [0.4, 0.5) is 5.69 Å². The number of hydrogen-bond acceptors (Lipinski definition) is 2. The summed E-state index contributed by atoms with van der Waals surface area (Å²) < 4.78 is 5.42. The molecule has 1 aromatic carbocycles. The maximum atomic E-state index is 11.1. The molecule has 1 heterocycles. The normalized spacial score (nSPS) is 14.4. The van der Waals surface area contributed by atoms with Gasteiger partial charge in [0.05, 0.1) is 5.69 Å². The van der Waals surface area contributed by atoms with Crippen molar-refractivity contribution in [1.82, 2.24) is 0 Å². The Hall–Kier alpha value is -1.51. The van der Waals surface area contributed by atoms with Crippen molar-refractivity contribution in [2.24, 2.45) is 0 Å². The van der Waals surface area contributed by atoms with Gasteiger partial charge in [-0.25, -0.2) is 0 Å². The van der Waals surface area contributed by atoms with Crippen LogP contribution in [0, 0.1) is 20.8 Å². The van der Waals surface area contributed by atoms with E-state index in [1.54, 1.807) is 0 Å². The first-order chi connectivity index (χ1) is 6.59. The van der Waals surface area contributed by atoms with Crippen molar-refractivity contribution in [3.05, 3.63) is 22.8 Å². The minimum atomic E-state index is -0.0798. The van der Waals surface area contributed by atoms with Gasteiger partial charge >= 0.3 is 0 Å². The van der Waals surface area contributed by atoms with Crippen LogP contribution in [0.5, 0.6) is 5.75 Å². The zero-order valence-corrected chi connectivity index (χ0v) is 8.60. The molecule has 0 spiro atoms. The number of nitrogens with one attached hydrogen (secondary N) is 1. The SMILES string of the molecule is Cc1cc(C)c2c(c1C)OCC(=O)N2. The molecule has 0 aromatic heterocycles. The standard InChI is InChI=1S/C11H13NO2/c1-6-4-7(2)10-11(8(6)3)14-5-9(13)12-10/h4H,5H2,1-3H3,(H,12,13). The number of benzene rings is 1. The Balaban J connectivity index is 2.62. The Morgan fingerprint density at radius 3 is 2.71 bits per heavy atom. The monoisotopic (exact) mass is 191 g/mol. The molecule has 3 heteroatoms. The average Bonchev–Trinajstić information content (AvgIpc) is 2.14. The molecular weight excluding hydrogens is 178 g/mol. The van der Waals surface area contributed by atoms with Crippen molar-refractivity contribution >= 4 is 11.6 Å². The van der Waals surface area contributed by atoms with E-state index in [-0.39, 0.29) is 12.5 Å². The summed E-state index contributed by atoms with van der Waals surface area (Å²) in [6.07, 6.45) is 0. The lowest BCUT2D eigenvalue weighted by molar-refractivity contribution is -0.118. The van der Waals surface area contributed by atoms with E-state index in [0.29, 0.717) is 0 Å². The van der Waals surface area contributed by atoms with Gasteiger partial charge in [0.15, 0.2) is 6.61 Å². The lowest BCUT2D eigenvalue weighted by Gasteiger charge is -2.22. The molecule has 0 bridgehead atoms. The van der Waals surface area contributed by atoms with E-state index in [9.17, 15) is 4.79 Å². The highest BCUT2D eigenvalue weighted by Crippen LogP contribution is 2.36. The molecule has 74 valence electrons. The highest BCUT2D eigenvalue weighted by Gasteiger charge is 2.20. The van der Waals surface area contributed by atoms with Crippen molar-refractivity contribution in [3.63, 3.8) is 0 Å². The van der Waals surface area contributed by atoms with Crippen molar-refractivity contribution in [2.75, 3.05) is 11.9 Å². The van der Waals surface area contributed by atoms with Gasteiger partial charge in [-0.05, 0) is 37.5 Å². The minimum Gasteiger partial charge on any atom is -0.481 e. The number of aryl methyl sites for hydroxylation is 2. The number of hydrogen-bond donors (Lipinski definition) is 1. The van der Waals surface area contributed by atoms with Crippen LogP contribution in [0.25, 0.3) is 0 Å². The predicted octanol–water partition coefficient (Wildman–Crippen LogP) is 1.94. The molecule has 1 aliphatic heterocycles. The summed E-state index contributed by atoms with van der Waals surface area (Å²) in [6.45, 7) is 6.14. The summed E-state index contributed by atoms with van der Waals surface area (Å²) in [5.41, 5.74) is 4.17. The number of fused-ring (bicyclic) bond motifs is 1. The molecule has 0 radical (unpaired) electrons. The summed E-state index contributed by atoms with van der Waals surface area (Å²) in [4.78, 5) is 11.1. The van der Waals surface area contributed by atoms with Crippen LogP contribution in [-0.2, 0) is 4.79 Å². The third-order valence-electron chi connectivity index (χ3n) is 2.60. The fourth-order valence-electron chi connectivity index (χ4n) is 1.70. The summed E-state index contributed by atoms with van der Waals surface area (Å²) in [6, 6.07) is 2.06. The van der Waals surface area contributed by atoms with Crippen LogP contribution < -0.4 is 10.1 Å². The van der Waals surface area contributed by atoms with E-state index in [1.807, 2.05) is 20.8 Å². The maximum Gasteiger partial charge on any atom is 0.262 e. The molecule has 1 N–H and O–H groups in total. The molecule has 0 aliphatic carbocycles. The van der Waals surface area contributed by atoms with Crippen LogP contribution in [-0.4, -0.2) is 12.5 Å². The van der Waals surface area contributed by atoms with E-state index in [1.165, 1.54) is 5.56 Å². The Labute approximate surface area is 83.1 Å². The Bertz CT molecular complexity index is 410. The number of carbonyl (C=O) groups is 1. The van der Waals surface area contributed by atoms with Crippen LogP contribution in [0.2, 0.25) is 0 Å². The third-order valence-corrected chi connectivity index (χ3v) is 2.60. The maximum absolute atomic E-state index is 11.1. The summed E-state index contributed by atoms with van der Waals surface area (Å²) >= 11 is 0. The summed E-state index contributed by atoms with van der Waals surface area (Å²) in [5, 5.41) is 2.83. The van der Waals surface area contributed by atoms with Crippen molar-refractivity contribution in [3.8, 4) is 5.75 Å². The molecule has 0 saturated heterocycles. The molecule has 14 heavy (non-hydrogen) atoms. The topological polar surface area (TPSA) is 38.3 Å². The van der Waals surface area contributed by atoms with Gasteiger partial charge in [0.2, 0.25) is 0 Å². The first-order valence-electron chi connectivity index (χ1n) is 4.63. The quantitative estimate of drug-likeness (QED) is 0.680. The molecule has 3 nitrogen and oxygen atoms in total. The molecule has 1 aromatic rings. The van der Waals surface area contributed by atoms with Crippen molar-refractivity contribution in [2.45, 2.75) is 20.8 Å². The van der Waals surface area contributed by atoms with Crippen LogP contribution in [0.3, 0.4) is 0 Å². The van der Waals surface area contributed by atoms with Crippen LogP contribution >= 0.6 is 0 Å². The predicted molar refractivity (Wildman–Crippen MR) is 54.8 cm³/mol. The lowest BCUT2D eigenvalue weighted by atomic mass is 10.0. The molecule has 0 fully saturated rings. The zero-order chi connectivity index (χ0) is 10.3. The highest BCUT2D eigenvalue weighted by molar-refractivity contribution is 5.96. The second-order valence-electron chi connectivity index (χ2n) is 3.68. The molecule has 0 saturated carbocycles. The van der Waals surface area contributed by atoms with Gasteiger partial charge in [0.1, 0.15) is 5.75 Å². The van der Waals surface area contributed by atoms with Gasteiger partial charge in [0, 0.05) is 0 Å². The van der Waals surface area contributed by atoms with E-state index >= 15 is 0 Å². The molecular formula is C11H13NO2. The van der Waals surface area contributed by atoms with Gasteiger partial charge < -0.3 is 10.1 Å². The highest BCUT2D eigenvalue weighted by atomic mass is 16.5. The van der Waals surface area contributed by atoms with E-state index in [2.05, 4.69) is 11.4 Å². The Kier molecular flexibility index (Phi) is 1.95. The molecule has 1 amide bonds. The zero-order valence-electron chi connectivity index (χ0n) is 8.60. The molecule has 1 aliphatic rings. The number of amides is 1. The van der Waals surface area contributed by atoms with Crippen molar-refractivity contribution in [1.29, 1.82) is 0 Å². The molecule has 0 unspecified atom stereocenters. The number of ether oxygens (including phenoxy) is 1. The van der Waals surface area contributed by atoms with E-state index in [4.69, 9.17) is 4.74 Å². The van der Waals surface area contributed by atoms with Crippen molar-refractivity contribution < 1.29 is 9.53 Å². The number of carbonyl (C=O) groups excluding carboxylic acids is 1. The second-order valence-corrected chi connectivity index (χ2v) is 3.68. The second kappa shape index (κ2) is 3.01. The first-order valence-corrected chi connectivity index (χ1v) is 4.63. The third kappa shape index (κ3) is 1.25. The summed E-state index contributed by atoms with van der Waals surface area (Å²) in [5.74, 6) is 0.742. The molecule has 2 rings (SSSR count). The van der Waals surface area contributed by atoms with Gasteiger partial charge in [-0.2, -0.15) is 0 Å². The smallest absolute Gasteiger partial charge is 0.262 e. The van der Waals surface area contributed by atoms with E-state index in [0.717, 1.165) is 22.6 Å².